The van der Waals surface area contributed by atoms with Crippen molar-refractivity contribution in [2.45, 2.75) is 0 Å². The molecule has 94 valence electrons. The third kappa shape index (κ3) is 3.07. The number of diazo groups is 1. The summed E-state index contributed by atoms with van der Waals surface area (Å²) in [5.74, 6) is -0.615. The third-order valence-electron chi connectivity index (χ3n) is 2.51. The maximum absolute atomic E-state index is 10.6. The lowest BCUT2D eigenvalue weighted by molar-refractivity contribution is -0.139. The van der Waals surface area contributed by atoms with Gasteiger partial charge in [-0.2, -0.15) is 0 Å². The summed E-state index contributed by atoms with van der Waals surface area (Å²) < 4.78 is 5.23. The van der Waals surface area contributed by atoms with Crippen LogP contribution in [0.5, 0.6) is 5.75 Å². The molecule has 1 N–H and O–H groups in total. The molecular weight excluding hydrogens is 244 g/mol. The van der Waals surface area contributed by atoms with E-state index in [1.807, 2.05) is 30.3 Å². The van der Waals surface area contributed by atoms with E-state index in [1.165, 1.54) is 0 Å². The third-order valence-corrected chi connectivity index (χ3v) is 2.51. The highest BCUT2D eigenvalue weighted by molar-refractivity contribution is 5.75. The first-order valence-electron chi connectivity index (χ1n) is 5.60. The molecule has 0 atom stereocenters. The summed E-state index contributed by atoms with van der Waals surface area (Å²) >= 11 is 0. The van der Waals surface area contributed by atoms with Crippen LogP contribution in [0.15, 0.2) is 48.5 Å². The van der Waals surface area contributed by atoms with Gasteiger partial charge >= 0.3 is 11.7 Å². The lowest BCUT2D eigenvalue weighted by Gasteiger charge is -2.08. The summed E-state index contributed by atoms with van der Waals surface area (Å²) in [7, 11) is 0. The van der Waals surface area contributed by atoms with E-state index in [1.54, 1.807) is 18.2 Å². The fourth-order valence-corrected chi connectivity index (χ4v) is 1.69. The van der Waals surface area contributed by atoms with Crippen molar-refractivity contribution in [3.63, 3.8) is 0 Å². The van der Waals surface area contributed by atoms with E-state index in [9.17, 15) is 4.79 Å². The van der Waals surface area contributed by atoms with Crippen LogP contribution >= 0.6 is 0 Å². The molecule has 0 aliphatic rings. The Hall–Kier alpha value is -2.87. The molecular formula is C14H11N2O3+. The maximum atomic E-state index is 10.6. The van der Waals surface area contributed by atoms with Gasteiger partial charge in [-0.3, -0.25) is 0 Å². The number of carboxylic acids is 1. The number of hydrogen-bond acceptors (Lipinski definition) is 3. The topological polar surface area (TPSA) is 74.7 Å². The lowest BCUT2D eigenvalue weighted by Crippen LogP contribution is -2.09. The van der Waals surface area contributed by atoms with Crippen LogP contribution < -0.4 is 4.74 Å². The van der Waals surface area contributed by atoms with Crippen LogP contribution in [0.3, 0.4) is 0 Å². The number of rotatable bonds is 4. The molecule has 0 bridgehead atoms. The Bertz CT molecular complexity index is 633. The zero-order chi connectivity index (χ0) is 13.7. The molecule has 0 fully saturated rings. The Morgan fingerprint density at radius 1 is 1.21 bits per heavy atom. The molecule has 0 aliphatic carbocycles. The van der Waals surface area contributed by atoms with E-state index in [4.69, 9.17) is 15.2 Å². The molecule has 19 heavy (non-hydrogen) atoms. The quantitative estimate of drug-likeness (QED) is 0.850. The van der Waals surface area contributed by atoms with Crippen molar-refractivity contribution in [3.8, 4) is 16.9 Å². The molecule has 5 heteroatoms. The van der Waals surface area contributed by atoms with Gasteiger partial charge in [0, 0.05) is 17.7 Å². The van der Waals surface area contributed by atoms with E-state index >= 15 is 0 Å². The highest BCUT2D eigenvalue weighted by Gasteiger charge is 2.14. The molecule has 0 spiro atoms. The first-order valence-corrected chi connectivity index (χ1v) is 5.60. The summed E-state index contributed by atoms with van der Waals surface area (Å²) in [6.45, 7) is -0.421. The number of ether oxygens (including phenoxy) is 1. The molecule has 2 rings (SSSR count). The largest absolute Gasteiger partial charge is 0.481 e. The fraction of sp³-hybridized carbons (Fsp3) is 0.0714. The van der Waals surface area contributed by atoms with Crippen LogP contribution in [0.25, 0.3) is 16.1 Å². The number of nitrogens with zero attached hydrogens (tertiary/aromatic N) is 2. The number of hydrogen-bond donors (Lipinski definition) is 1. The molecule has 0 saturated carbocycles. The van der Waals surface area contributed by atoms with Gasteiger partial charge in [-0.05, 0) is 11.6 Å². The number of carbonyl (C=O) groups is 1. The van der Waals surface area contributed by atoms with Gasteiger partial charge in [0.05, 0.1) is 0 Å². The molecule has 0 heterocycles. The molecule has 2 aromatic rings. The zero-order valence-electron chi connectivity index (χ0n) is 9.98. The fourth-order valence-electron chi connectivity index (χ4n) is 1.69. The van der Waals surface area contributed by atoms with E-state index in [0.717, 1.165) is 5.56 Å². The second-order valence-corrected chi connectivity index (χ2v) is 3.83. The van der Waals surface area contributed by atoms with Crippen LogP contribution in [0.1, 0.15) is 0 Å². The smallest absolute Gasteiger partial charge is 0.385 e. The molecule has 2 aromatic carbocycles. The standard InChI is InChI=1S/C14H10N2O3/c15-16-11-6-7-13(19-9-14(17)18)12(8-11)10-4-2-1-3-5-10/h1-8H,9H2/p+1. The van der Waals surface area contributed by atoms with Gasteiger partial charge in [-0.25, -0.2) is 4.79 Å². The Balaban J connectivity index is 2.43. The molecule has 5 nitrogen and oxygen atoms in total. The molecule has 0 aromatic heterocycles. The molecule has 0 amide bonds. The van der Waals surface area contributed by atoms with Gasteiger partial charge in [0.15, 0.2) is 11.6 Å². The second-order valence-electron chi connectivity index (χ2n) is 3.83. The van der Waals surface area contributed by atoms with E-state index in [0.29, 0.717) is 17.0 Å². The van der Waals surface area contributed by atoms with E-state index in [2.05, 4.69) is 4.98 Å². The predicted octanol–water partition coefficient (Wildman–Crippen LogP) is 3.30. The van der Waals surface area contributed by atoms with Gasteiger partial charge in [0.2, 0.25) is 5.39 Å². The minimum atomic E-state index is -1.05. The highest BCUT2D eigenvalue weighted by Crippen LogP contribution is 2.33. The first-order chi connectivity index (χ1) is 9.20. The normalized spacial score (nSPS) is 9.63. The van der Waals surface area contributed by atoms with Gasteiger partial charge in [-0.15, -0.1) is 0 Å². The predicted molar refractivity (Wildman–Crippen MR) is 69.8 cm³/mol. The molecule has 0 unspecified atom stereocenters. The molecule has 0 aliphatic heterocycles. The van der Waals surface area contributed by atoms with Crippen molar-refractivity contribution in [1.29, 1.82) is 5.39 Å². The average Bonchev–Trinajstić information content (AvgIpc) is 2.46. The van der Waals surface area contributed by atoms with E-state index in [-0.39, 0.29) is 0 Å². The summed E-state index contributed by atoms with van der Waals surface area (Å²) in [6, 6.07) is 14.1. The van der Waals surface area contributed by atoms with Gasteiger partial charge in [0.1, 0.15) is 5.75 Å². The van der Waals surface area contributed by atoms with Crippen molar-refractivity contribution in [3.05, 3.63) is 53.5 Å². The van der Waals surface area contributed by atoms with Gasteiger partial charge < -0.3 is 9.84 Å². The van der Waals surface area contributed by atoms with Gasteiger partial charge in [0.25, 0.3) is 0 Å². The van der Waals surface area contributed by atoms with Crippen molar-refractivity contribution in [2.24, 2.45) is 0 Å². The Morgan fingerprint density at radius 3 is 2.58 bits per heavy atom. The summed E-state index contributed by atoms with van der Waals surface area (Å²) in [6.07, 6.45) is 0. The highest BCUT2D eigenvalue weighted by atomic mass is 16.5. The maximum Gasteiger partial charge on any atom is 0.385 e. The monoisotopic (exact) mass is 255 g/mol. The number of carboxylic acid groups (broad SMARTS) is 1. The zero-order valence-corrected chi connectivity index (χ0v) is 9.98. The van der Waals surface area contributed by atoms with E-state index < -0.39 is 12.6 Å². The summed E-state index contributed by atoms with van der Waals surface area (Å²) in [4.78, 5) is 13.7. The lowest BCUT2D eigenvalue weighted by atomic mass is 10.0. The molecule has 0 radical (unpaired) electrons. The molecule has 0 saturated heterocycles. The van der Waals surface area contributed by atoms with Gasteiger partial charge in [-0.1, -0.05) is 30.3 Å². The Labute approximate surface area is 109 Å². The van der Waals surface area contributed by atoms with Crippen molar-refractivity contribution in [2.75, 3.05) is 6.61 Å². The summed E-state index contributed by atoms with van der Waals surface area (Å²) in [5, 5.41) is 17.5. The van der Waals surface area contributed by atoms with Crippen LogP contribution in [0.2, 0.25) is 0 Å². The Morgan fingerprint density at radius 2 is 1.95 bits per heavy atom. The second kappa shape index (κ2) is 5.65. The number of benzene rings is 2. The summed E-state index contributed by atoms with van der Waals surface area (Å²) in [5.41, 5.74) is 1.91. The van der Waals surface area contributed by atoms with Crippen LogP contribution in [0.4, 0.5) is 5.69 Å². The minimum Gasteiger partial charge on any atom is -0.481 e. The van der Waals surface area contributed by atoms with Crippen molar-refractivity contribution >= 4 is 11.7 Å². The van der Waals surface area contributed by atoms with Crippen LogP contribution in [-0.4, -0.2) is 17.7 Å². The SMILES string of the molecule is N#[N+]c1ccc(OCC(=O)O)c(-c2ccccc2)c1. The first kappa shape index (κ1) is 12.6. The Kier molecular flexibility index (Phi) is 3.74. The van der Waals surface area contributed by atoms with Crippen LogP contribution in [-0.2, 0) is 4.79 Å². The van der Waals surface area contributed by atoms with Crippen molar-refractivity contribution in [1.82, 2.24) is 0 Å². The number of aliphatic carboxylic acids is 1. The van der Waals surface area contributed by atoms with Crippen molar-refractivity contribution < 1.29 is 14.6 Å². The average molecular weight is 255 g/mol. The van der Waals surface area contributed by atoms with Crippen LogP contribution in [0, 0.1) is 5.39 Å². The minimum absolute atomic E-state index is 0.376.